The number of rotatable bonds is 2. The molecule has 1 fully saturated rings. The number of imidazole rings is 1. The molecule has 0 spiro atoms. The van der Waals surface area contributed by atoms with Crippen molar-refractivity contribution < 1.29 is 4.79 Å². The van der Waals surface area contributed by atoms with Gasteiger partial charge in [-0.2, -0.15) is 0 Å². The molecule has 1 amide bonds. The van der Waals surface area contributed by atoms with Crippen LogP contribution in [-0.2, 0) is 4.79 Å². The van der Waals surface area contributed by atoms with Gasteiger partial charge in [-0.25, -0.2) is 4.98 Å². The van der Waals surface area contributed by atoms with E-state index in [1.165, 1.54) is 0 Å². The van der Waals surface area contributed by atoms with Gasteiger partial charge in [-0.15, -0.1) is 24.0 Å². The van der Waals surface area contributed by atoms with Crippen molar-refractivity contribution in [1.82, 2.24) is 14.9 Å². The van der Waals surface area contributed by atoms with E-state index < -0.39 is 0 Å². The number of carbonyl (C=O) groups is 1. The number of fused-ring (bicyclic) bond motifs is 1. The van der Waals surface area contributed by atoms with Crippen LogP contribution in [-0.4, -0.2) is 33.2 Å². The molecule has 2 aromatic rings. The lowest BCUT2D eigenvalue weighted by molar-refractivity contribution is -0.129. The number of halogens is 2. The number of nitrogens with one attached hydrogen (secondary N) is 1. The molecule has 6 heteroatoms. The number of aromatic amines is 1. The van der Waals surface area contributed by atoms with E-state index in [0.717, 1.165) is 36.2 Å². The molecule has 1 aliphatic heterocycles. The number of amides is 1. The summed E-state index contributed by atoms with van der Waals surface area (Å²) >= 11 is 5.64. The minimum absolute atomic E-state index is 0. The highest BCUT2D eigenvalue weighted by Gasteiger charge is 2.31. The Morgan fingerprint density at radius 1 is 1.47 bits per heavy atom. The second-order valence-electron chi connectivity index (χ2n) is 4.52. The van der Waals surface area contributed by atoms with E-state index in [1.807, 2.05) is 29.2 Å². The van der Waals surface area contributed by atoms with Gasteiger partial charge in [-0.1, -0.05) is 12.1 Å². The molecule has 19 heavy (non-hydrogen) atoms. The number of hydrogen-bond acceptors (Lipinski definition) is 2. The quantitative estimate of drug-likeness (QED) is 0.867. The summed E-state index contributed by atoms with van der Waals surface area (Å²) in [5.74, 6) is 0.892. The predicted octanol–water partition coefficient (Wildman–Crippen LogP) is 2.89. The fourth-order valence-electron chi connectivity index (χ4n) is 2.56. The zero-order valence-corrected chi connectivity index (χ0v) is 11.9. The van der Waals surface area contributed by atoms with Crippen LogP contribution in [0, 0.1) is 0 Å². The lowest BCUT2D eigenvalue weighted by Gasteiger charge is -2.21. The smallest absolute Gasteiger partial charge is 0.238 e. The van der Waals surface area contributed by atoms with Crippen molar-refractivity contribution in [2.45, 2.75) is 18.9 Å². The van der Waals surface area contributed by atoms with Crippen molar-refractivity contribution in [2.75, 3.05) is 12.4 Å². The van der Waals surface area contributed by atoms with Crippen LogP contribution in [0.25, 0.3) is 11.0 Å². The van der Waals surface area contributed by atoms with E-state index in [2.05, 4.69) is 9.97 Å². The Morgan fingerprint density at radius 2 is 2.26 bits per heavy atom. The van der Waals surface area contributed by atoms with Crippen molar-refractivity contribution >= 4 is 40.9 Å². The molecule has 1 aromatic heterocycles. The molecule has 0 radical (unpaired) electrons. The average Bonchev–Trinajstić information content (AvgIpc) is 3.03. The third-order valence-corrected chi connectivity index (χ3v) is 3.64. The molecule has 3 rings (SSSR count). The van der Waals surface area contributed by atoms with Gasteiger partial charge in [0.1, 0.15) is 11.7 Å². The van der Waals surface area contributed by atoms with E-state index in [0.29, 0.717) is 0 Å². The second-order valence-corrected chi connectivity index (χ2v) is 4.79. The van der Waals surface area contributed by atoms with E-state index in [9.17, 15) is 4.79 Å². The molecule has 102 valence electrons. The van der Waals surface area contributed by atoms with Gasteiger partial charge >= 0.3 is 0 Å². The SMILES string of the molecule is Cl.O=C(CCl)N1CCCC1c1nc2ccccc2[nH]1. The third-order valence-electron chi connectivity index (χ3n) is 3.41. The summed E-state index contributed by atoms with van der Waals surface area (Å²) in [4.78, 5) is 21.5. The minimum Gasteiger partial charge on any atom is -0.340 e. The fourth-order valence-corrected chi connectivity index (χ4v) is 2.71. The Hall–Kier alpha value is -1.26. The number of aromatic nitrogens is 2. The maximum atomic E-state index is 11.8. The van der Waals surface area contributed by atoms with Crippen LogP contribution in [0.2, 0.25) is 0 Å². The molecule has 1 unspecified atom stereocenters. The number of likely N-dealkylation sites (tertiary alicyclic amines) is 1. The highest BCUT2D eigenvalue weighted by molar-refractivity contribution is 6.27. The molecular weight excluding hydrogens is 285 g/mol. The molecule has 0 saturated carbocycles. The van der Waals surface area contributed by atoms with Crippen molar-refractivity contribution in [3.05, 3.63) is 30.1 Å². The maximum Gasteiger partial charge on any atom is 0.238 e. The second kappa shape index (κ2) is 5.80. The predicted molar refractivity (Wildman–Crippen MR) is 77.7 cm³/mol. The third kappa shape index (κ3) is 2.55. The van der Waals surface area contributed by atoms with Crippen LogP contribution >= 0.6 is 24.0 Å². The van der Waals surface area contributed by atoms with Crippen molar-refractivity contribution in [3.8, 4) is 0 Å². The number of alkyl halides is 1. The zero-order chi connectivity index (χ0) is 12.5. The first-order valence-electron chi connectivity index (χ1n) is 6.09. The average molecular weight is 300 g/mol. The molecule has 4 nitrogen and oxygen atoms in total. The van der Waals surface area contributed by atoms with Crippen molar-refractivity contribution in [3.63, 3.8) is 0 Å². The van der Waals surface area contributed by atoms with Gasteiger partial charge < -0.3 is 9.88 Å². The van der Waals surface area contributed by atoms with Crippen molar-refractivity contribution in [2.24, 2.45) is 0 Å². The first-order chi connectivity index (χ1) is 8.79. The standard InChI is InChI=1S/C13H14ClN3O.ClH/c14-8-12(18)17-7-3-6-11(17)13-15-9-4-1-2-5-10(9)16-13;/h1-2,4-5,11H,3,6-8H2,(H,15,16);1H. The zero-order valence-electron chi connectivity index (χ0n) is 10.3. The van der Waals surface area contributed by atoms with Crippen LogP contribution in [0.4, 0.5) is 0 Å². The molecule has 1 aromatic carbocycles. The minimum atomic E-state index is -0.0142. The lowest BCUT2D eigenvalue weighted by Crippen LogP contribution is -2.31. The number of benzene rings is 1. The molecule has 1 saturated heterocycles. The van der Waals surface area contributed by atoms with Gasteiger partial charge in [0, 0.05) is 6.54 Å². The lowest BCUT2D eigenvalue weighted by atomic mass is 10.2. The van der Waals surface area contributed by atoms with E-state index in [1.54, 1.807) is 0 Å². The van der Waals surface area contributed by atoms with Gasteiger partial charge in [-0.3, -0.25) is 4.79 Å². The molecule has 0 aliphatic carbocycles. The largest absolute Gasteiger partial charge is 0.340 e. The summed E-state index contributed by atoms with van der Waals surface area (Å²) < 4.78 is 0. The number of para-hydroxylation sites is 2. The number of hydrogen-bond donors (Lipinski definition) is 1. The number of H-pyrrole nitrogens is 1. The summed E-state index contributed by atoms with van der Waals surface area (Å²) in [5.41, 5.74) is 1.95. The van der Waals surface area contributed by atoms with Gasteiger partial charge in [0.05, 0.1) is 17.1 Å². The molecule has 0 bridgehead atoms. The molecule has 1 aliphatic rings. The summed E-state index contributed by atoms with van der Waals surface area (Å²) in [6.45, 7) is 0.771. The summed E-state index contributed by atoms with van der Waals surface area (Å²) in [6.07, 6.45) is 1.95. The van der Waals surface area contributed by atoms with E-state index in [-0.39, 0.29) is 30.2 Å². The van der Waals surface area contributed by atoms with Gasteiger partial charge in [0.2, 0.25) is 5.91 Å². The topological polar surface area (TPSA) is 49.0 Å². The Labute approximate surface area is 122 Å². The molecule has 1 atom stereocenters. The molecular formula is C13H15Cl2N3O. The van der Waals surface area contributed by atoms with Crippen LogP contribution in [0.3, 0.4) is 0 Å². The molecule has 2 heterocycles. The summed E-state index contributed by atoms with van der Waals surface area (Å²) in [5, 5.41) is 0. The van der Waals surface area contributed by atoms with E-state index >= 15 is 0 Å². The first-order valence-corrected chi connectivity index (χ1v) is 6.63. The van der Waals surface area contributed by atoms with Crippen LogP contribution in [0.15, 0.2) is 24.3 Å². The Bertz CT molecular complexity index is 551. The Morgan fingerprint density at radius 3 is 3.00 bits per heavy atom. The fraction of sp³-hybridized carbons (Fsp3) is 0.385. The normalized spacial score (nSPS) is 18.6. The number of carbonyl (C=O) groups excluding carboxylic acids is 1. The van der Waals surface area contributed by atoms with Gasteiger partial charge in [0.25, 0.3) is 0 Å². The van der Waals surface area contributed by atoms with Gasteiger partial charge in [-0.05, 0) is 25.0 Å². The maximum absolute atomic E-state index is 11.8. The summed E-state index contributed by atoms with van der Waals surface area (Å²) in [7, 11) is 0. The highest BCUT2D eigenvalue weighted by Crippen LogP contribution is 2.31. The van der Waals surface area contributed by atoms with Crippen LogP contribution < -0.4 is 0 Å². The van der Waals surface area contributed by atoms with E-state index in [4.69, 9.17) is 11.6 Å². The monoisotopic (exact) mass is 299 g/mol. The number of nitrogens with zero attached hydrogens (tertiary/aromatic N) is 2. The van der Waals surface area contributed by atoms with Crippen LogP contribution in [0.1, 0.15) is 24.7 Å². The Balaban J connectivity index is 0.00000133. The highest BCUT2D eigenvalue weighted by atomic mass is 35.5. The Kier molecular flexibility index (Phi) is 4.32. The van der Waals surface area contributed by atoms with Gasteiger partial charge in [0.15, 0.2) is 0 Å². The van der Waals surface area contributed by atoms with Crippen molar-refractivity contribution in [1.29, 1.82) is 0 Å². The first kappa shape index (κ1) is 14.2. The van der Waals surface area contributed by atoms with Crippen LogP contribution in [0.5, 0.6) is 0 Å². The summed E-state index contributed by atoms with van der Waals surface area (Å²) in [6, 6.07) is 7.94. The molecule has 1 N–H and O–H groups in total.